The van der Waals surface area contributed by atoms with Crippen molar-refractivity contribution in [2.75, 3.05) is 48.9 Å². The number of hydrogen-bond donors (Lipinski definition) is 4. The first kappa shape index (κ1) is 25.9. The van der Waals surface area contributed by atoms with Gasteiger partial charge >= 0.3 is 6.03 Å². The minimum absolute atomic E-state index is 0.00174. The fraction of sp³-hybridized carbons (Fsp3) is 0.440. The number of nitrogens with one attached hydrogen (secondary N) is 4. The summed E-state index contributed by atoms with van der Waals surface area (Å²) >= 11 is 6.89. The predicted octanol–water partition coefficient (Wildman–Crippen LogP) is 1.74. The lowest BCUT2D eigenvalue weighted by molar-refractivity contribution is -0.000447. The summed E-state index contributed by atoms with van der Waals surface area (Å²) in [6.07, 6.45) is 3.19. The van der Waals surface area contributed by atoms with E-state index in [1.807, 2.05) is 4.90 Å². The maximum atomic E-state index is 12.5. The number of anilines is 4. The molecule has 0 bridgehead atoms. The summed E-state index contributed by atoms with van der Waals surface area (Å²) in [5.41, 5.74) is 2.08. The third kappa shape index (κ3) is 5.12. The largest absolute Gasteiger partial charge is 0.377 e. The molecule has 4 heterocycles. The van der Waals surface area contributed by atoms with E-state index in [-0.39, 0.29) is 35.9 Å². The number of nitriles is 2. The van der Waals surface area contributed by atoms with E-state index in [1.54, 1.807) is 19.2 Å². The van der Waals surface area contributed by atoms with Gasteiger partial charge in [0.2, 0.25) is 5.95 Å². The number of methoxy groups -OCH3 is 1. The second kappa shape index (κ2) is 10.7. The number of amides is 2. The molecule has 2 saturated heterocycles. The Labute approximate surface area is 234 Å². The van der Waals surface area contributed by atoms with Crippen LogP contribution in [-0.2, 0) is 9.47 Å². The second-order valence-corrected chi connectivity index (χ2v) is 10.3. The second-order valence-electron chi connectivity index (χ2n) is 9.92. The third-order valence-corrected chi connectivity index (χ3v) is 7.42. The average Bonchev–Trinajstić information content (AvgIpc) is 3.50. The molecule has 206 valence electrons. The molecule has 15 heteroatoms. The number of carbonyl (C=O) groups excluding carboxylic acids is 1. The molecule has 3 fully saturated rings. The van der Waals surface area contributed by atoms with Crippen molar-refractivity contribution in [3.05, 3.63) is 34.6 Å². The van der Waals surface area contributed by atoms with Gasteiger partial charge in [-0.3, -0.25) is 0 Å². The van der Waals surface area contributed by atoms with E-state index < -0.39 is 0 Å². The van der Waals surface area contributed by atoms with Crippen molar-refractivity contribution in [3.8, 4) is 12.1 Å². The summed E-state index contributed by atoms with van der Waals surface area (Å²) in [6, 6.07) is 7.26. The van der Waals surface area contributed by atoms with E-state index in [2.05, 4.69) is 48.5 Å². The van der Waals surface area contributed by atoms with Crippen LogP contribution in [0.15, 0.2) is 18.3 Å². The predicted molar refractivity (Wildman–Crippen MR) is 145 cm³/mol. The normalized spacial score (nSPS) is 20.4. The number of aromatic nitrogens is 4. The number of nitrogens with zero attached hydrogens (tertiary/aromatic N) is 7. The summed E-state index contributed by atoms with van der Waals surface area (Å²) < 4.78 is 12.2. The van der Waals surface area contributed by atoms with Crippen molar-refractivity contribution in [2.45, 2.75) is 37.1 Å². The molecule has 0 radical (unpaired) electrons. The Hall–Kier alpha value is -4.37. The molecule has 2 amide bonds. The first-order valence-electron chi connectivity index (χ1n) is 12.8. The van der Waals surface area contributed by atoms with Crippen LogP contribution >= 0.6 is 11.6 Å². The van der Waals surface area contributed by atoms with E-state index in [9.17, 15) is 15.3 Å². The highest BCUT2D eigenvalue weighted by Gasteiger charge is 2.36. The topological polar surface area (TPSA) is 178 Å². The summed E-state index contributed by atoms with van der Waals surface area (Å²) in [7, 11) is 1.59. The number of carbonyl (C=O) groups is 1. The third-order valence-electron chi connectivity index (χ3n) is 7.02. The van der Waals surface area contributed by atoms with Crippen molar-refractivity contribution in [2.24, 2.45) is 0 Å². The molecule has 2 aromatic heterocycles. The molecule has 2 aliphatic heterocycles. The van der Waals surface area contributed by atoms with Crippen molar-refractivity contribution >= 4 is 46.4 Å². The number of rotatable bonds is 8. The van der Waals surface area contributed by atoms with Crippen LogP contribution in [0.2, 0.25) is 5.02 Å². The highest BCUT2D eigenvalue weighted by Crippen LogP contribution is 2.38. The van der Waals surface area contributed by atoms with Crippen molar-refractivity contribution in [1.82, 2.24) is 30.2 Å². The van der Waals surface area contributed by atoms with Crippen LogP contribution < -0.4 is 26.2 Å². The first-order chi connectivity index (χ1) is 19.4. The fourth-order valence-corrected chi connectivity index (χ4v) is 4.98. The summed E-state index contributed by atoms with van der Waals surface area (Å²) in [5, 5.41) is 36.4. The SMILES string of the molecule is CO[C@@H]1CN(c2cc(C#N)cc(Nc3nc(NC4CC4)c4ncc(C#N)n4n3)c2Cl)C[C@@H]1NC(=O)NC1COC1. The Bertz CT molecular complexity index is 1540. The van der Waals surface area contributed by atoms with Gasteiger partial charge < -0.3 is 35.6 Å². The molecule has 3 aromatic rings. The maximum Gasteiger partial charge on any atom is 0.315 e. The zero-order valence-corrected chi connectivity index (χ0v) is 22.3. The molecule has 1 aliphatic carbocycles. The van der Waals surface area contributed by atoms with Crippen LogP contribution in [0.4, 0.5) is 27.9 Å². The van der Waals surface area contributed by atoms with Crippen molar-refractivity contribution in [3.63, 3.8) is 0 Å². The van der Waals surface area contributed by atoms with E-state index in [0.29, 0.717) is 65.8 Å². The van der Waals surface area contributed by atoms with Crippen molar-refractivity contribution < 1.29 is 14.3 Å². The summed E-state index contributed by atoms with van der Waals surface area (Å²) in [5.74, 6) is 0.679. The molecule has 1 aromatic carbocycles. The average molecular weight is 564 g/mol. The molecule has 2 atom stereocenters. The van der Waals surface area contributed by atoms with Gasteiger partial charge in [-0.05, 0) is 25.0 Å². The van der Waals surface area contributed by atoms with E-state index in [4.69, 9.17) is 21.1 Å². The summed E-state index contributed by atoms with van der Waals surface area (Å²) in [4.78, 5) is 23.3. The highest BCUT2D eigenvalue weighted by atomic mass is 35.5. The van der Waals surface area contributed by atoms with Gasteiger partial charge in [-0.25, -0.2) is 9.78 Å². The van der Waals surface area contributed by atoms with Crippen LogP contribution in [0.1, 0.15) is 24.1 Å². The minimum Gasteiger partial charge on any atom is -0.377 e. The lowest BCUT2D eigenvalue weighted by atomic mass is 10.1. The molecule has 4 N–H and O–H groups in total. The molecule has 3 aliphatic rings. The van der Waals surface area contributed by atoms with Crippen molar-refractivity contribution in [1.29, 1.82) is 10.5 Å². The number of urea groups is 1. The lowest BCUT2D eigenvalue weighted by Crippen LogP contribution is -2.55. The summed E-state index contributed by atoms with van der Waals surface area (Å²) in [6.45, 7) is 1.86. The Balaban J connectivity index is 1.27. The Morgan fingerprint density at radius 1 is 1.18 bits per heavy atom. The smallest absolute Gasteiger partial charge is 0.315 e. The molecule has 0 spiro atoms. The van der Waals surface area contributed by atoms with Gasteiger partial charge in [-0.15, -0.1) is 5.10 Å². The molecular weight excluding hydrogens is 538 g/mol. The minimum atomic E-state index is -0.309. The van der Waals surface area contributed by atoms with Crippen LogP contribution in [0.3, 0.4) is 0 Å². The van der Waals surface area contributed by atoms with E-state index in [0.717, 1.165) is 12.8 Å². The number of fused-ring (bicyclic) bond motifs is 1. The van der Waals surface area contributed by atoms with Gasteiger partial charge in [0.25, 0.3) is 0 Å². The number of halogens is 1. The molecule has 1 saturated carbocycles. The number of hydrogen-bond acceptors (Lipinski definition) is 11. The zero-order valence-electron chi connectivity index (χ0n) is 21.5. The standard InChI is InChI=1S/C25H26ClN11O3/c1-39-20-10-36(9-18(20)33-25(38)31-15-11-40-12-15)19-5-13(6-27)4-17(21(19)26)32-24-34-22(30-14-2-3-14)23-29-8-16(7-28)37(23)35-24/h4-5,8,14-15,18,20H,2-3,9-12H2,1H3,(H2,31,33,38)(H2,30,32,34,35)/t18-,20+/m0/s1. The first-order valence-corrected chi connectivity index (χ1v) is 13.2. The van der Waals surface area contributed by atoms with Crippen LogP contribution in [-0.4, -0.2) is 83.3 Å². The molecule has 6 rings (SSSR count). The number of benzene rings is 1. The Kier molecular flexibility index (Phi) is 6.89. The maximum absolute atomic E-state index is 12.5. The highest BCUT2D eigenvalue weighted by molar-refractivity contribution is 6.36. The molecular formula is C25H26ClN11O3. The van der Waals surface area contributed by atoms with Crippen LogP contribution in [0.5, 0.6) is 0 Å². The molecule has 14 nitrogen and oxygen atoms in total. The monoisotopic (exact) mass is 563 g/mol. The molecule has 40 heavy (non-hydrogen) atoms. The van der Waals surface area contributed by atoms with Gasteiger partial charge in [0.15, 0.2) is 17.2 Å². The van der Waals surface area contributed by atoms with Gasteiger partial charge in [-0.1, -0.05) is 11.6 Å². The molecule has 0 unspecified atom stereocenters. The van der Waals surface area contributed by atoms with Gasteiger partial charge in [0.05, 0.1) is 65.6 Å². The van der Waals surface area contributed by atoms with E-state index >= 15 is 0 Å². The quantitative estimate of drug-likeness (QED) is 0.314. The van der Waals surface area contributed by atoms with Gasteiger partial charge in [0.1, 0.15) is 6.07 Å². The van der Waals surface area contributed by atoms with Crippen LogP contribution in [0, 0.1) is 22.7 Å². The van der Waals surface area contributed by atoms with Crippen LogP contribution in [0.25, 0.3) is 5.65 Å². The van der Waals surface area contributed by atoms with E-state index in [1.165, 1.54) is 10.7 Å². The lowest BCUT2D eigenvalue weighted by Gasteiger charge is -2.28. The fourth-order valence-electron chi connectivity index (χ4n) is 4.71. The Morgan fingerprint density at radius 2 is 2.00 bits per heavy atom. The van der Waals surface area contributed by atoms with Gasteiger partial charge in [-0.2, -0.15) is 20.0 Å². The van der Waals surface area contributed by atoms with Gasteiger partial charge in [0, 0.05) is 26.2 Å². The Morgan fingerprint density at radius 3 is 2.67 bits per heavy atom. The number of imidazole rings is 1. The zero-order chi connectivity index (χ0) is 27.8. The number of ether oxygens (including phenoxy) is 2.